The predicted molar refractivity (Wildman–Crippen MR) is 117 cm³/mol. The van der Waals surface area contributed by atoms with Crippen molar-refractivity contribution in [3.05, 3.63) is 42.3 Å². The summed E-state index contributed by atoms with van der Waals surface area (Å²) in [6, 6.07) is 11.2. The molecule has 1 aliphatic heterocycles. The van der Waals surface area contributed by atoms with Gasteiger partial charge in [-0.2, -0.15) is 0 Å². The summed E-state index contributed by atoms with van der Waals surface area (Å²) in [4.78, 5) is 11.7. The van der Waals surface area contributed by atoms with Gasteiger partial charge in [-0.15, -0.1) is 0 Å². The predicted octanol–water partition coefficient (Wildman–Crippen LogP) is 3.80. The second-order valence-electron chi connectivity index (χ2n) is 8.21. The minimum absolute atomic E-state index is 0.453. The molecule has 2 heterocycles. The Morgan fingerprint density at radius 1 is 1.14 bits per heavy atom. The standard InChI is InChI=1S/C23H33N5O/c1-24-23(25-15-20-17-29-22(26-20)18-9-4-2-5-10-18)27-19-11-8-14-28(16-19)21-12-6-3-7-13-21/h2,4-5,9-10,17,19,21H,3,6-8,11-16H2,1H3,(H2,24,25,27). The van der Waals surface area contributed by atoms with Crippen LogP contribution in [0, 0.1) is 0 Å². The molecule has 2 aromatic rings. The average molecular weight is 396 g/mol. The van der Waals surface area contributed by atoms with Crippen molar-refractivity contribution in [2.45, 2.75) is 63.6 Å². The van der Waals surface area contributed by atoms with Gasteiger partial charge >= 0.3 is 0 Å². The highest BCUT2D eigenvalue weighted by Gasteiger charge is 2.27. The molecule has 0 spiro atoms. The SMILES string of the molecule is CN=C(NCc1coc(-c2ccccc2)n1)NC1CCCN(C2CCCCC2)C1. The fourth-order valence-electron chi connectivity index (χ4n) is 4.57. The molecule has 6 heteroatoms. The van der Waals surface area contributed by atoms with Crippen LogP contribution in [0.2, 0.25) is 0 Å². The van der Waals surface area contributed by atoms with E-state index in [9.17, 15) is 0 Å². The Kier molecular flexibility index (Phi) is 6.83. The first-order chi connectivity index (χ1) is 14.3. The zero-order valence-corrected chi connectivity index (χ0v) is 17.4. The largest absolute Gasteiger partial charge is 0.444 e. The van der Waals surface area contributed by atoms with Crippen LogP contribution in [-0.4, -0.2) is 48.1 Å². The van der Waals surface area contributed by atoms with E-state index in [0.717, 1.165) is 29.8 Å². The molecule has 2 aliphatic rings. The van der Waals surface area contributed by atoms with Crippen LogP contribution in [0.1, 0.15) is 50.6 Å². The van der Waals surface area contributed by atoms with Crippen LogP contribution in [0.15, 0.2) is 46.0 Å². The summed E-state index contributed by atoms with van der Waals surface area (Å²) in [5.74, 6) is 1.49. The highest BCUT2D eigenvalue weighted by molar-refractivity contribution is 5.79. The summed E-state index contributed by atoms with van der Waals surface area (Å²) in [5, 5.41) is 7.01. The second kappa shape index (κ2) is 9.92. The van der Waals surface area contributed by atoms with Crippen molar-refractivity contribution in [2.24, 2.45) is 4.99 Å². The summed E-state index contributed by atoms with van der Waals surface area (Å²) in [7, 11) is 1.83. The van der Waals surface area contributed by atoms with Crippen LogP contribution in [0.25, 0.3) is 11.5 Å². The second-order valence-corrected chi connectivity index (χ2v) is 8.21. The smallest absolute Gasteiger partial charge is 0.226 e. The molecule has 0 radical (unpaired) electrons. The molecule has 1 atom stereocenters. The number of nitrogens with zero attached hydrogens (tertiary/aromatic N) is 3. The minimum atomic E-state index is 0.453. The first kappa shape index (κ1) is 20.0. The summed E-state index contributed by atoms with van der Waals surface area (Å²) in [6.45, 7) is 2.96. The number of benzene rings is 1. The maximum Gasteiger partial charge on any atom is 0.226 e. The van der Waals surface area contributed by atoms with Gasteiger partial charge in [-0.3, -0.25) is 9.89 Å². The molecule has 2 fully saturated rings. The zero-order chi connectivity index (χ0) is 19.9. The average Bonchev–Trinajstić information content (AvgIpc) is 3.27. The highest BCUT2D eigenvalue weighted by atomic mass is 16.3. The van der Waals surface area contributed by atoms with E-state index in [2.05, 4.69) is 25.5 Å². The Balaban J connectivity index is 1.28. The van der Waals surface area contributed by atoms with Crippen LogP contribution in [0.5, 0.6) is 0 Å². The van der Waals surface area contributed by atoms with E-state index in [4.69, 9.17) is 4.42 Å². The molecule has 0 bridgehead atoms. The summed E-state index contributed by atoms with van der Waals surface area (Å²) in [6.07, 6.45) is 11.1. The molecular weight excluding hydrogens is 362 g/mol. The Morgan fingerprint density at radius 2 is 1.97 bits per heavy atom. The molecule has 1 aromatic carbocycles. The van der Waals surface area contributed by atoms with Gasteiger partial charge in [-0.25, -0.2) is 4.98 Å². The fourth-order valence-corrected chi connectivity index (χ4v) is 4.57. The van der Waals surface area contributed by atoms with Crippen molar-refractivity contribution >= 4 is 5.96 Å². The Bertz CT molecular complexity index is 782. The lowest BCUT2D eigenvalue weighted by Crippen LogP contribution is -2.53. The number of guanidine groups is 1. The number of nitrogens with one attached hydrogen (secondary N) is 2. The van der Waals surface area contributed by atoms with Gasteiger partial charge < -0.3 is 15.1 Å². The molecule has 156 valence electrons. The van der Waals surface area contributed by atoms with Gasteiger partial charge in [0.1, 0.15) is 6.26 Å². The van der Waals surface area contributed by atoms with E-state index in [1.54, 1.807) is 6.26 Å². The third-order valence-corrected chi connectivity index (χ3v) is 6.12. The molecule has 1 unspecified atom stereocenters. The van der Waals surface area contributed by atoms with Crippen molar-refractivity contribution in [1.29, 1.82) is 0 Å². The van der Waals surface area contributed by atoms with Crippen molar-refractivity contribution in [2.75, 3.05) is 20.1 Å². The lowest BCUT2D eigenvalue weighted by molar-refractivity contribution is 0.115. The van der Waals surface area contributed by atoms with Gasteiger partial charge in [-0.05, 0) is 44.4 Å². The number of aliphatic imine (C=N–C) groups is 1. The molecule has 6 nitrogen and oxygen atoms in total. The Morgan fingerprint density at radius 3 is 2.76 bits per heavy atom. The normalized spacial score (nSPS) is 21.8. The van der Waals surface area contributed by atoms with Crippen molar-refractivity contribution in [3.63, 3.8) is 0 Å². The first-order valence-electron chi connectivity index (χ1n) is 11.0. The van der Waals surface area contributed by atoms with Gasteiger partial charge in [0.15, 0.2) is 5.96 Å². The van der Waals surface area contributed by atoms with Crippen LogP contribution in [0.3, 0.4) is 0 Å². The van der Waals surface area contributed by atoms with E-state index in [1.165, 1.54) is 51.5 Å². The maximum absolute atomic E-state index is 5.63. The lowest BCUT2D eigenvalue weighted by Gasteiger charge is -2.40. The number of hydrogen-bond donors (Lipinski definition) is 2. The van der Waals surface area contributed by atoms with Crippen LogP contribution >= 0.6 is 0 Å². The van der Waals surface area contributed by atoms with E-state index in [1.807, 2.05) is 37.4 Å². The molecule has 1 aliphatic carbocycles. The van der Waals surface area contributed by atoms with Gasteiger partial charge in [0.25, 0.3) is 0 Å². The topological polar surface area (TPSA) is 65.7 Å². The molecule has 1 saturated heterocycles. The molecular formula is C23H33N5O. The summed E-state index contributed by atoms with van der Waals surface area (Å²) < 4.78 is 5.63. The van der Waals surface area contributed by atoms with Crippen molar-refractivity contribution in [1.82, 2.24) is 20.5 Å². The fraction of sp³-hybridized carbons (Fsp3) is 0.565. The first-order valence-corrected chi connectivity index (χ1v) is 11.0. The highest BCUT2D eigenvalue weighted by Crippen LogP contribution is 2.25. The number of rotatable bonds is 5. The molecule has 1 saturated carbocycles. The van der Waals surface area contributed by atoms with Gasteiger partial charge in [0.2, 0.25) is 5.89 Å². The van der Waals surface area contributed by atoms with Gasteiger partial charge in [0, 0.05) is 31.2 Å². The summed E-state index contributed by atoms with van der Waals surface area (Å²) >= 11 is 0. The van der Waals surface area contributed by atoms with Crippen molar-refractivity contribution in [3.8, 4) is 11.5 Å². The minimum Gasteiger partial charge on any atom is -0.444 e. The Labute approximate surface area is 173 Å². The van der Waals surface area contributed by atoms with Crippen LogP contribution < -0.4 is 10.6 Å². The van der Waals surface area contributed by atoms with Crippen LogP contribution in [0.4, 0.5) is 0 Å². The van der Waals surface area contributed by atoms with E-state index in [-0.39, 0.29) is 0 Å². The van der Waals surface area contributed by atoms with E-state index in [0.29, 0.717) is 18.5 Å². The van der Waals surface area contributed by atoms with Crippen molar-refractivity contribution < 1.29 is 4.42 Å². The lowest BCUT2D eigenvalue weighted by atomic mass is 9.92. The molecule has 2 N–H and O–H groups in total. The quantitative estimate of drug-likeness (QED) is 0.595. The third-order valence-electron chi connectivity index (χ3n) is 6.12. The molecule has 1 aromatic heterocycles. The number of aromatic nitrogens is 1. The van der Waals surface area contributed by atoms with Crippen LogP contribution in [-0.2, 0) is 6.54 Å². The van der Waals surface area contributed by atoms with Gasteiger partial charge in [-0.1, -0.05) is 37.5 Å². The third kappa shape index (κ3) is 5.38. The van der Waals surface area contributed by atoms with Gasteiger partial charge in [0.05, 0.1) is 12.2 Å². The van der Waals surface area contributed by atoms with E-state index >= 15 is 0 Å². The monoisotopic (exact) mass is 395 g/mol. The van der Waals surface area contributed by atoms with E-state index < -0.39 is 0 Å². The molecule has 4 rings (SSSR count). The summed E-state index contributed by atoms with van der Waals surface area (Å²) in [5.41, 5.74) is 1.87. The number of piperidine rings is 1. The molecule has 29 heavy (non-hydrogen) atoms. The molecule has 0 amide bonds. The zero-order valence-electron chi connectivity index (χ0n) is 17.4. The Hall–Kier alpha value is -2.34. The maximum atomic E-state index is 5.63. The number of hydrogen-bond acceptors (Lipinski definition) is 4. The number of likely N-dealkylation sites (tertiary alicyclic amines) is 1. The number of oxazole rings is 1.